The van der Waals surface area contributed by atoms with E-state index in [1.165, 1.54) is 32.2 Å². The van der Waals surface area contributed by atoms with Crippen molar-refractivity contribution < 1.29 is 23.9 Å². The number of amides is 6. The topological polar surface area (TPSA) is 117 Å². The van der Waals surface area contributed by atoms with Crippen molar-refractivity contribution in [3.05, 3.63) is 33.8 Å². The normalized spacial score (nSPS) is 19.0. The number of nitrogens with zero attached hydrogens (tertiary/aromatic N) is 1. The molecule has 0 spiro atoms. The molecule has 1 saturated heterocycles. The van der Waals surface area contributed by atoms with E-state index in [2.05, 4.69) is 10.6 Å². The molecule has 11 heteroatoms. The summed E-state index contributed by atoms with van der Waals surface area (Å²) >= 11 is 12.0. The molecule has 1 aliphatic heterocycles. The van der Waals surface area contributed by atoms with Gasteiger partial charge in [0.05, 0.1) is 6.61 Å². The highest BCUT2D eigenvalue weighted by atomic mass is 35.5. The minimum absolute atomic E-state index is 0.197. The Hall–Kier alpha value is -2.36. The van der Waals surface area contributed by atoms with Crippen LogP contribution in [0.5, 0.6) is 0 Å². The van der Waals surface area contributed by atoms with Crippen LogP contribution in [-0.2, 0) is 19.9 Å². The number of carbonyl (C=O) groups excluding carboxylic acids is 4. The fourth-order valence-corrected chi connectivity index (χ4v) is 3.14. The number of halogens is 2. The van der Waals surface area contributed by atoms with Gasteiger partial charge in [-0.15, -0.1) is 0 Å². The molecule has 1 unspecified atom stereocenters. The van der Waals surface area contributed by atoms with E-state index in [0.717, 1.165) is 0 Å². The number of hydrogen-bond donors (Lipinski definition) is 3. The molecule has 1 atom stereocenters. The van der Waals surface area contributed by atoms with Gasteiger partial charge >= 0.3 is 12.1 Å². The average molecular weight is 417 g/mol. The fraction of sp³-hybridized carbons (Fsp3) is 0.375. The van der Waals surface area contributed by atoms with Gasteiger partial charge in [0.25, 0.3) is 5.91 Å². The Balaban J connectivity index is 2.07. The second-order valence-corrected chi connectivity index (χ2v) is 6.71. The Morgan fingerprint density at radius 2 is 2.00 bits per heavy atom. The van der Waals surface area contributed by atoms with Gasteiger partial charge in [-0.2, -0.15) is 0 Å². The zero-order valence-electron chi connectivity index (χ0n) is 14.6. The summed E-state index contributed by atoms with van der Waals surface area (Å²) in [6.45, 7) is 1.32. The average Bonchev–Trinajstić information content (AvgIpc) is 2.79. The highest BCUT2D eigenvalue weighted by Gasteiger charge is 2.50. The summed E-state index contributed by atoms with van der Waals surface area (Å²) < 4.78 is 4.76. The van der Waals surface area contributed by atoms with Crippen LogP contribution in [0.2, 0.25) is 10.0 Å². The van der Waals surface area contributed by atoms with E-state index in [9.17, 15) is 19.2 Å². The molecule has 0 radical (unpaired) electrons. The molecular weight excluding hydrogens is 399 g/mol. The van der Waals surface area contributed by atoms with E-state index in [1.54, 1.807) is 0 Å². The van der Waals surface area contributed by atoms with E-state index in [0.29, 0.717) is 15.5 Å². The summed E-state index contributed by atoms with van der Waals surface area (Å²) in [5.41, 5.74) is -1.12. The minimum atomic E-state index is -1.46. The number of carbonyl (C=O) groups is 4. The second kappa shape index (κ2) is 8.55. The van der Waals surface area contributed by atoms with Crippen molar-refractivity contribution in [2.24, 2.45) is 0 Å². The molecule has 1 aliphatic rings. The number of ether oxygens (including phenoxy) is 1. The van der Waals surface area contributed by atoms with Gasteiger partial charge in [0.15, 0.2) is 0 Å². The summed E-state index contributed by atoms with van der Waals surface area (Å²) in [6.07, 6.45) is 0. The Bertz CT molecular complexity index is 788. The lowest BCUT2D eigenvalue weighted by atomic mass is 9.92. The summed E-state index contributed by atoms with van der Waals surface area (Å²) in [4.78, 5) is 49.2. The minimum Gasteiger partial charge on any atom is -0.383 e. The third kappa shape index (κ3) is 4.68. The first-order chi connectivity index (χ1) is 12.7. The Morgan fingerprint density at radius 1 is 1.30 bits per heavy atom. The number of hydrogen-bond acceptors (Lipinski definition) is 5. The molecule has 1 heterocycles. The second-order valence-electron chi connectivity index (χ2n) is 5.87. The summed E-state index contributed by atoms with van der Waals surface area (Å²) in [6, 6.07) is 2.97. The molecule has 27 heavy (non-hydrogen) atoms. The molecule has 0 aromatic heterocycles. The Kier molecular flexibility index (Phi) is 6.63. The monoisotopic (exact) mass is 416 g/mol. The van der Waals surface area contributed by atoms with E-state index >= 15 is 0 Å². The van der Waals surface area contributed by atoms with E-state index in [1.807, 2.05) is 5.32 Å². The maximum Gasteiger partial charge on any atom is 0.325 e. The van der Waals surface area contributed by atoms with Gasteiger partial charge in [-0.25, -0.2) is 9.59 Å². The SMILES string of the molecule is COCCNC(=O)NC(=O)CN1C(=O)NC(C)(c2ccc(Cl)cc2Cl)C1=O. The smallest absolute Gasteiger partial charge is 0.325 e. The highest BCUT2D eigenvalue weighted by Crippen LogP contribution is 2.34. The van der Waals surface area contributed by atoms with E-state index in [-0.39, 0.29) is 18.2 Å². The molecular formula is C16H18Cl2N4O5. The van der Waals surface area contributed by atoms with Crippen molar-refractivity contribution in [3.63, 3.8) is 0 Å². The van der Waals surface area contributed by atoms with Gasteiger partial charge in [0, 0.05) is 29.3 Å². The molecule has 6 amide bonds. The van der Waals surface area contributed by atoms with Gasteiger partial charge in [-0.3, -0.25) is 19.8 Å². The predicted molar refractivity (Wildman–Crippen MR) is 97.5 cm³/mol. The third-order valence-electron chi connectivity index (χ3n) is 3.89. The van der Waals surface area contributed by atoms with Crippen molar-refractivity contribution in [3.8, 4) is 0 Å². The van der Waals surface area contributed by atoms with Crippen LogP contribution in [0.1, 0.15) is 12.5 Å². The lowest BCUT2D eigenvalue weighted by molar-refractivity contribution is -0.134. The van der Waals surface area contributed by atoms with Crippen molar-refractivity contribution in [1.82, 2.24) is 20.9 Å². The van der Waals surface area contributed by atoms with Crippen LogP contribution >= 0.6 is 23.2 Å². The Morgan fingerprint density at radius 3 is 2.63 bits per heavy atom. The number of benzene rings is 1. The number of imide groups is 2. The van der Waals surface area contributed by atoms with Crippen LogP contribution in [0.4, 0.5) is 9.59 Å². The molecule has 2 rings (SSSR count). The molecule has 1 aromatic carbocycles. The zero-order valence-corrected chi connectivity index (χ0v) is 16.1. The van der Waals surface area contributed by atoms with Crippen molar-refractivity contribution in [2.45, 2.75) is 12.5 Å². The van der Waals surface area contributed by atoms with Crippen molar-refractivity contribution >= 4 is 47.1 Å². The van der Waals surface area contributed by atoms with Crippen LogP contribution in [0, 0.1) is 0 Å². The maximum atomic E-state index is 12.8. The van der Waals surface area contributed by atoms with Crippen molar-refractivity contribution in [2.75, 3.05) is 26.8 Å². The molecule has 146 valence electrons. The number of methoxy groups -OCH3 is 1. The van der Waals surface area contributed by atoms with Gasteiger partial charge in [-0.1, -0.05) is 29.3 Å². The van der Waals surface area contributed by atoms with E-state index < -0.39 is 36.0 Å². The lowest BCUT2D eigenvalue weighted by Crippen LogP contribution is -2.47. The van der Waals surface area contributed by atoms with Crippen LogP contribution in [-0.4, -0.2) is 55.6 Å². The first kappa shape index (κ1) is 20.9. The zero-order chi connectivity index (χ0) is 20.2. The number of nitrogens with one attached hydrogen (secondary N) is 3. The molecule has 0 aliphatic carbocycles. The van der Waals surface area contributed by atoms with Crippen LogP contribution in [0.3, 0.4) is 0 Å². The predicted octanol–water partition coefficient (Wildman–Crippen LogP) is 1.23. The highest BCUT2D eigenvalue weighted by molar-refractivity contribution is 6.35. The summed E-state index contributed by atoms with van der Waals surface area (Å²) in [5, 5.41) is 7.51. The summed E-state index contributed by atoms with van der Waals surface area (Å²) in [5.74, 6) is -1.49. The van der Waals surface area contributed by atoms with Gasteiger partial charge in [-0.05, 0) is 19.1 Å². The fourth-order valence-electron chi connectivity index (χ4n) is 2.54. The van der Waals surface area contributed by atoms with Gasteiger partial charge in [0.2, 0.25) is 5.91 Å². The number of urea groups is 2. The standard InChI is InChI=1S/C16H18Cl2N4O5/c1-16(10-4-3-9(17)7-11(10)18)13(24)22(15(26)21-16)8-12(23)20-14(25)19-5-6-27-2/h3-4,7H,5-6,8H2,1-2H3,(H,21,26)(H2,19,20,23,25). The maximum absolute atomic E-state index is 12.8. The van der Waals surface area contributed by atoms with Crippen LogP contribution < -0.4 is 16.0 Å². The first-order valence-electron chi connectivity index (χ1n) is 7.85. The van der Waals surface area contributed by atoms with Crippen LogP contribution in [0.15, 0.2) is 18.2 Å². The molecule has 0 saturated carbocycles. The summed E-state index contributed by atoms with van der Waals surface area (Å²) in [7, 11) is 1.46. The van der Waals surface area contributed by atoms with Crippen molar-refractivity contribution in [1.29, 1.82) is 0 Å². The van der Waals surface area contributed by atoms with Gasteiger partial charge in [0.1, 0.15) is 12.1 Å². The number of rotatable bonds is 6. The third-order valence-corrected chi connectivity index (χ3v) is 4.44. The molecule has 0 bridgehead atoms. The van der Waals surface area contributed by atoms with E-state index in [4.69, 9.17) is 27.9 Å². The molecule has 9 nitrogen and oxygen atoms in total. The first-order valence-corrected chi connectivity index (χ1v) is 8.61. The molecule has 3 N–H and O–H groups in total. The molecule has 1 fully saturated rings. The largest absolute Gasteiger partial charge is 0.383 e. The molecule has 1 aromatic rings. The van der Waals surface area contributed by atoms with Crippen LogP contribution in [0.25, 0.3) is 0 Å². The lowest BCUT2D eigenvalue weighted by Gasteiger charge is -2.23. The quantitative estimate of drug-likeness (QED) is 0.476. The van der Waals surface area contributed by atoms with Gasteiger partial charge < -0.3 is 15.4 Å². The Labute approximate surface area is 165 Å².